The fourth-order valence-electron chi connectivity index (χ4n) is 5.52. The topological polar surface area (TPSA) is 103 Å². The van der Waals surface area contributed by atoms with Crippen LogP contribution in [0.2, 0.25) is 0 Å². The zero-order valence-corrected chi connectivity index (χ0v) is 20.7. The quantitative estimate of drug-likeness (QED) is 0.359. The number of rotatable bonds is 5. The Hall–Kier alpha value is -4.09. The van der Waals surface area contributed by atoms with Crippen molar-refractivity contribution in [3.63, 3.8) is 0 Å². The summed E-state index contributed by atoms with van der Waals surface area (Å²) in [7, 11) is 0. The molecule has 4 aromatic rings. The number of nitrogens with zero attached hydrogens (tertiary/aromatic N) is 5. The Bertz CT molecular complexity index is 1520. The van der Waals surface area contributed by atoms with Crippen molar-refractivity contribution in [3.8, 4) is 28.5 Å². The summed E-state index contributed by atoms with van der Waals surface area (Å²) in [6.45, 7) is 2.73. The lowest BCUT2D eigenvalue weighted by Gasteiger charge is -2.23. The largest absolute Gasteiger partial charge is 0.465 e. The van der Waals surface area contributed by atoms with E-state index >= 15 is 0 Å². The maximum absolute atomic E-state index is 12.8. The number of esters is 1. The third-order valence-corrected chi connectivity index (χ3v) is 7.37. The molecule has 37 heavy (non-hydrogen) atoms. The van der Waals surface area contributed by atoms with E-state index in [2.05, 4.69) is 40.3 Å². The highest BCUT2D eigenvalue weighted by atomic mass is 16.5. The maximum atomic E-state index is 12.8. The van der Waals surface area contributed by atoms with Crippen LogP contribution in [0.1, 0.15) is 43.5 Å². The van der Waals surface area contributed by atoms with Crippen LogP contribution in [-0.2, 0) is 27.1 Å². The zero-order valence-electron chi connectivity index (χ0n) is 20.7. The van der Waals surface area contributed by atoms with E-state index in [9.17, 15) is 10.1 Å². The minimum absolute atomic E-state index is 0.0871. The van der Waals surface area contributed by atoms with E-state index in [1.165, 1.54) is 0 Å². The Morgan fingerprint density at radius 1 is 1.14 bits per heavy atom. The molecule has 186 valence electrons. The highest BCUT2D eigenvalue weighted by Crippen LogP contribution is 2.44. The third-order valence-electron chi connectivity index (χ3n) is 7.37. The van der Waals surface area contributed by atoms with Crippen LogP contribution in [0.5, 0.6) is 0 Å². The number of carbonyl (C=O) groups excluding carboxylic acids is 1. The summed E-state index contributed by atoms with van der Waals surface area (Å²) in [5.74, 6) is -0.466. The number of benzene rings is 2. The first-order valence-corrected chi connectivity index (χ1v) is 12.7. The average molecular weight is 494 g/mol. The molecule has 1 saturated heterocycles. The fraction of sp³-hybridized carbons (Fsp3) is 0.345. The SMILES string of the molecule is CCOC(=O)C1(C#N)Cc2cc(-c3ccccc3)c(-c3ncnc4c3ncn4C3CCCCO3)cc2C1. The van der Waals surface area contributed by atoms with Crippen LogP contribution in [0.3, 0.4) is 0 Å². The summed E-state index contributed by atoms with van der Waals surface area (Å²) in [6, 6.07) is 16.5. The van der Waals surface area contributed by atoms with Gasteiger partial charge in [-0.1, -0.05) is 36.4 Å². The predicted molar refractivity (Wildman–Crippen MR) is 137 cm³/mol. The van der Waals surface area contributed by atoms with E-state index in [1.54, 1.807) is 19.6 Å². The summed E-state index contributed by atoms with van der Waals surface area (Å²) in [6.07, 6.45) is 6.98. The molecule has 0 saturated carbocycles. The molecule has 6 rings (SSSR count). The molecule has 0 amide bonds. The van der Waals surface area contributed by atoms with Crippen LogP contribution in [0, 0.1) is 16.7 Å². The standard InChI is InChI=1S/C29H27N5O3/c1-2-36-28(35)29(16-30)14-20-12-22(19-8-4-3-5-9-19)23(13-21(20)15-29)25-26-27(32-17-31-25)34(18-33-26)24-10-6-7-11-37-24/h3-5,8-9,12-13,17-18,24H,2,6-7,10-11,14-15H2,1H3. The Morgan fingerprint density at radius 2 is 1.92 bits per heavy atom. The average Bonchev–Trinajstić information content (AvgIpc) is 3.55. The number of imidazole rings is 1. The van der Waals surface area contributed by atoms with E-state index in [1.807, 2.05) is 22.8 Å². The molecular weight excluding hydrogens is 466 g/mol. The van der Waals surface area contributed by atoms with Crippen molar-refractivity contribution in [2.24, 2.45) is 5.41 Å². The van der Waals surface area contributed by atoms with E-state index in [0.29, 0.717) is 24.1 Å². The Morgan fingerprint density at radius 3 is 2.62 bits per heavy atom. The molecule has 2 aromatic heterocycles. The van der Waals surface area contributed by atoms with Gasteiger partial charge in [0.15, 0.2) is 11.1 Å². The van der Waals surface area contributed by atoms with E-state index in [-0.39, 0.29) is 12.8 Å². The molecule has 8 heteroatoms. The van der Waals surface area contributed by atoms with Gasteiger partial charge in [-0.2, -0.15) is 5.26 Å². The monoisotopic (exact) mass is 493 g/mol. The Balaban J connectivity index is 1.51. The lowest BCUT2D eigenvalue weighted by atomic mass is 9.86. The third kappa shape index (κ3) is 3.96. The molecular formula is C29H27N5O3. The van der Waals surface area contributed by atoms with Crippen LogP contribution < -0.4 is 0 Å². The van der Waals surface area contributed by atoms with Crippen molar-refractivity contribution in [2.75, 3.05) is 13.2 Å². The van der Waals surface area contributed by atoms with Gasteiger partial charge < -0.3 is 9.47 Å². The van der Waals surface area contributed by atoms with Crippen LogP contribution in [0.15, 0.2) is 55.1 Å². The summed E-state index contributed by atoms with van der Waals surface area (Å²) in [4.78, 5) is 26.8. The minimum Gasteiger partial charge on any atom is -0.465 e. The predicted octanol–water partition coefficient (Wildman–Crippen LogP) is 5.03. The molecule has 2 atom stereocenters. The van der Waals surface area contributed by atoms with Gasteiger partial charge in [-0.05, 0) is 54.5 Å². The van der Waals surface area contributed by atoms with Crippen molar-refractivity contribution < 1.29 is 14.3 Å². The molecule has 1 aliphatic heterocycles. The van der Waals surface area contributed by atoms with Gasteiger partial charge in [-0.15, -0.1) is 0 Å². The molecule has 2 unspecified atom stereocenters. The maximum Gasteiger partial charge on any atom is 0.327 e. The van der Waals surface area contributed by atoms with E-state index in [0.717, 1.165) is 59.3 Å². The summed E-state index contributed by atoms with van der Waals surface area (Å²) in [5.41, 5.74) is 5.74. The van der Waals surface area contributed by atoms with Gasteiger partial charge in [0.2, 0.25) is 0 Å². The molecule has 0 radical (unpaired) electrons. The molecule has 8 nitrogen and oxygen atoms in total. The normalized spacial score (nSPS) is 20.9. The Kier molecular flexibility index (Phi) is 5.93. The molecule has 0 spiro atoms. The van der Waals surface area contributed by atoms with Crippen molar-refractivity contribution in [2.45, 2.75) is 45.3 Å². The number of fused-ring (bicyclic) bond motifs is 2. The van der Waals surface area contributed by atoms with Crippen molar-refractivity contribution in [1.82, 2.24) is 19.5 Å². The highest BCUT2D eigenvalue weighted by molar-refractivity contribution is 5.94. The highest BCUT2D eigenvalue weighted by Gasteiger charge is 2.46. The second kappa shape index (κ2) is 9.41. The van der Waals surface area contributed by atoms with Gasteiger partial charge in [0, 0.05) is 25.0 Å². The van der Waals surface area contributed by atoms with Gasteiger partial charge in [0.05, 0.1) is 19.0 Å². The van der Waals surface area contributed by atoms with Crippen LogP contribution in [-0.4, -0.2) is 38.7 Å². The summed E-state index contributed by atoms with van der Waals surface area (Å²) >= 11 is 0. The molecule has 2 aromatic carbocycles. The molecule has 1 aliphatic carbocycles. The number of hydrogen-bond donors (Lipinski definition) is 0. The second-order valence-electron chi connectivity index (χ2n) is 9.67. The molecule has 1 fully saturated rings. The molecule has 0 N–H and O–H groups in total. The zero-order chi connectivity index (χ0) is 25.4. The van der Waals surface area contributed by atoms with Crippen molar-refractivity contribution in [3.05, 3.63) is 66.2 Å². The molecule has 3 heterocycles. The van der Waals surface area contributed by atoms with E-state index < -0.39 is 11.4 Å². The van der Waals surface area contributed by atoms with Gasteiger partial charge in [0.25, 0.3) is 0 Å². The first-order chi connectivity index (χ1) is 18.1. The van der Waals surface area contributed by atoms with Crippen LogP contribution in [0.4, 0.5) is 0 Å². The fourth-order valence-corrected chi connectivity index (χ4v) is 5.52. The first-order valence-electron chi connectivity index (χ1n) is 12.7. The summed E-state index contributed by atoms with van der Waals surface area (Å²) < 4.78 is 13.3. The number of nitriles is 1. The number of ether oxygens (including phenoxy) is 2. The van der Waals surface area contributed by atoms with Crippen LogP contribution >= 0.6 is 0 Å². The first kappa shape index (κ1) is 23.3. The van der Waals surface area contributed by atoms with Crippen molar-refractivity contribution in [1.29, 1.82) is 5.26 Å². The van der Waals surface area contributed by atoms with Gasteiger partial charge in [0.1, 0.15) is 23.8 Å². The van der Waals surface area contributed by atoms with Gasteiger partial charge in [-0.3, -0.25) is 9.36 Å². The lowest BCUT2D eigenvalue weighted by molar-refractivity contribution is -0.151. The second-order valence-corrected chi connectivity index (χ2v) is 9.67. The number of aromatic nitrogens is 4. The van der Waals surface area contributed by atoms with Crippen LogP contribution in [0.25, 0.3) is 33.5 Å². The van der Waals surface area contributed by atoms with Gasteiger partial charge in [-0.25, -0.2) is 15.0 Å². The Labute approximate surface area is 214 Å². The number of carbonyl (C=O) groups is 1. The lowest BCUT2D eigenvalue weighted by Crippen LogP contribution is -2.32. The van der Waals surface area contributed by atoms with Gasteiger partial charge >= 0.3 is 5.97 Å². The molecule has 2 aliphatic rings. The molecule has 0 bridgehead atoms. The number of hydrogen-bond acceptors (Lipinski definition) is 7. The minimum atomic E-state index is -1.22. The smallest absolute Gasteiger partial charge is 0.327 e. The van der Waals surface area contributed by atoms with Crippen molar-refractivity contribution >= 4 is 17.1 Å². The summed E-state index contributed by atoms with van der Waals surface area (Å²) in [5, 5.41) is 10.0. The van der Waals surface area contributed by atoms with E-state index in [4.69, 9.17) is 14.5 Å².